The van der Waals surface area contributed by atoms with E-state index in [4.69, 9.17) is 4.74 Å². The molecule has 1 heterocycles. The lowest BCUT2D eigenvalue weighted by molar-refractivity contribution is -0.147. The number of amidine groups is 1. The van der Waals surface area contributed by atoms with Crippen LogP contribution in [0.5, 0.6) is 0 Å². The quantitative estimate of drug-likeness (QED) is 0.753. The van der Waals surface area contributed by atoms with Crippen molar-refractivity contribution in [2.45, 2.75) is 51.5 Å². The van der Waals surface area contributed by atoms with Crippen molar-refractivity contribution in [1.29, 1.82) is 0 Å². The minimum atomic E-state index is -3.91. The van der Waals surface area contributed by atoms with Crippen LogP contribution in [0.3, 0.4) is 0 Å². The van der Waals surface area contributed by atoms with E-state index in [1.54, 1.807) is 31.2 Å². The molecule has 3 rings (SSSR count). The molecular weight excluding hydrogens is 352 g/mol. The fourth-order valence-electron chi connectivity index (χ4n) is 3.57. The average molecular weight is 378 g/mol. The zero-order valence-electron chi connectivity index (χ0n) is 15.9. The molecule has 1 aliphatic carbocycles. The first-order chi connectivity index (χ1) is 12.0. The van der Waals surface area contributed by atoms with Crippen molar-refractivity contribution in [3.05, 3.63) is 29.8 Å². The molecule has 142 valence electrons. The van der Waals surface area contributed by atoms with Gasteiger partial charge in [-0.1, -0.05) is 17.7 Å². The van der Waals surface area contributed by atoms with Gasteiger partial charge < -0.3 is 9.64 Å². The molecule has 0 amide bonds. The number of piperidine rings is 1. The summed E-state index contributed by atoms with van der Waals surface area (Å²) in [5, 5.41) is 0. The van der Waals surface area contributed by atoms with Gasteiger partial charge in [0.15, 0.2) is 0 Å². The van der Waals surface area contributed by atoms with Crippen LogP contribution in [0.2, 0.25) is 0 Å². The van der Waals surface area contributed by atoms with E-state index in [1.807, 2.05) is 32.6 Å². The molecule has 0 spiro atoms. The Labute approximate surface area is 155 Å². The molecule has 0 bridgehead atoms. The SMILES string of the molecule is CCOC(=O)[C@]12C[C@H]1CN(C(C)(C)C)/C2=N/S(=O)(=O)c1ccc(C)cc1. The van der Waals surface area contributed by atoms with Crippen LogP contribution in [-0.2, 0) is 19.6 Å². The number of likely N-dealkylation sites (tertiary alicyclic amines) is 1. The summed E-state index contributed by atoms with van der Waals surface area (Å²) in [4.78, 5) is 14.7. The summed E-state index contributed by atoms with van der Waals surface area (Å²) in [6, 6.07) is 6.58. The fraction of sp³-hybridized carbons (Fsp3) is 0.579. The Balaban J connectivity index is 2.08. The van der Waals surface area contributed by atoms with Gasteiger partial charge in [-0.25, -0.2) is 0 Å². The smallest absolute Gasteiger partial charge is 0.320 e. The van der Waals surface area contributed by atoms with Crippen LogP contribution in [0.1, 0.15) is 39.7 Å². The number of nitrogens with zero attached hydrogens (tertiary/aromatic N) is 2. The minimum Gasteiger partial charge on any atom is -0.465 e. The van der Waals surface area contributed by atoms with Gasteiger partial charge in [-0.3, -0.25) is 4.79 Å². The van der Waals surface area contributed by atoms with Gasteiger partial charge in [-0.05, 0) is 53.2 Å². The van der Waals surface area contributed by atoms with Crippen LogP contribution < -0.4 is 0 Å². The van der Waals surface area contributed by atoms with Crippen LogP contribution in [0.4, 0.5) is 0 Å². The highest BCUT2D eigenvalue weighted by Gasteiger charge is 2.72. The molecule has 2 aliphatic rings. The zero-order valence-corrected chi connectivity index (χ0v) is 16.8. The number of ether oxygens (including phenoxy) is 1. The molecule has 7 heteroatoms. The lowest BCUT2D eigenvalue weighted by Gasteiger charge is -2.36. The van der Waals surface area contributed by atoms with Crippen molar-refractivity contribution >= 4 is 21.8 Å². The third kappa shape index (κ3) is 3.02. The van der Waals surface area contributed by atoms with Gasteiger partial charge in [0, 0.05) is 18.0 Å². The summed E-state index contributed by atoms with van der Waals surface area (Å²) < 4.78 is 35.2. The van der Waals surface area contributed by atoms with Crippen molar-refractivity contribution < 1.29 is 17.9 Å². The van der Waals surface area contributed by atoms with Crippen LogP contribution in [0.15, 0.2) is 33.6 Å². The van der Waals surface area contributed by atoms with Crippen molar-refractivity contribution in [3.8, 4) is 0 Å². The summed E-state index contributed by atoms with van der Waals surface area (Å²) in [7, 11) is -3.91. The van der Waals surface area contributed by atoms with E-state index < -0.39 is 15.4 Å². The van der Waals surface area contributed by atoms with Gasteiger partial charge in [-0.15, -0.1) is 4.40 Å². The maximum atomic E-state index is 12.9. The van der Waals surface area contributed by atoms with Gasteiger partial charge in [0.25, 0.3) is 10.0 Å². The maximum Gasteiger partial charge on any atom is 0.320 e. The molecule has 2 atom stereocenters. The lowest BCUT2D eigenvalue weighted by atomic mass is 10.0. The molecule has 0 N–H and O–H groups in total. The van der Waals surface area contributed by atoms with E-state index in [9.17, 15) is 13.2 Å². The Bertz CT molecular complexity index is 853. The van der Waals surface area contributed by atoms with E-state index in [1.165, 1.54) is 0 Å². The number of carbonyl (C=O) groups excluding carboxylic acids is 1. The van der Waals surface area contributed by atoms with Gasteiger partial charge in [0.1, 0.15) is 11.3 Å². The zero-order chi connectivity index (χ0) is 19.3. The monoisotopic (exact) mass is 378 g/mol. The maximum absolute atomic E-state index is 12.9. The van der Waals surface area contributed by atoms with Crippen molar-refractivity contribution in [2.75, 3.05) is 13.2 Å². The highest BCUT2D eigenvalue weighted by Crippen LogP contribution is 2.61. The minimum absolute atomic E-state index is 0.0627. The first kappa shape index (κ1) is 18.9. The van der Waals surface area contributed by atoms with Gasteiger partial charge in [0.2, 0.25) is 0 Å². The summed E-state index contributed by atoms with van der Waals surface area (Å²) in [5.74, 6) is 0.0244. The molecule has 0 radical (unpaired) electrons. The molecule has 1 aromatic carbocycles. The van der Waals surface area contributed by atoms with Crippen LogP contribution in [0, 0.1) is 18.3 Å². The number of fused-ring (bicyclic) bond motifs is 1. The Morgan fingerprint density at radius 2 is 1.92 bits per heavy atom. The summed E-state index contributed by atoms with van der Waals surface area (Å²) in [6.07, 6.45) is 0.598. The van der Waals surface area contributed by atoms with Crippen LogP contribution in [-0.4, -0.2) is 43.8 Å². The van der Waals surface area contributed by atoms with E-state index in [2.05, 4.69) is 4.40 Å². The van der Waals surface area contributed by atoms with Crippen molar-refractivity contribution in [3.63, 3.8) is 0 Å². The molecule has 1 aliphatic heterocycles. The number of esters is 1. The molecule has 1 aromatic rings. The Morgan fingerprint density at radius 3 is 2.46 bits per heavy atom. The second-order valence-corrected chi connectivity index (χ2v) is 9.68. The summed E-state index contributed by atoms with van der Waals surface area (Å²) >= 11 is 0. The first-order valence-electron chi connectivity index (χ1n) is 8.89. The third-order valence-electron chi connectivity index (χ3n) is 5.14. The fourth-order valence-corrected chi connectivity index (χ4v) is 4.65. The standard InChI is InChI=1S/C19H26N2O4S/c1-6-25-17(22)19-11-14(19)12-21(18(3,4)5)16(19)20-26(23,24)15-9-7-13(2)8-10-15/h7-10,14H,6,11-12H2,1-5H3/b20-16+/t14-,19+/m0/s1. The molecule has 26 heavy (non-hydrogen) atoms. The second kappa shape index (κ2) is 6.08. The van der Waals surface area contributed by atoms with Gasteiger partial charge in [-0.2, -0.15) is 8.42 Å². The number of rotatable bonds is 4. The van der Waals surface area contributed by atoms with Gasteiger partial charge >= 0.3 is 5.97 Å². The first-order valence-corrected chi connectivity index (χ1v) is 10.3. The normalized spacial score (nSPS) is 26.7. The number of aryl methyl sites for hydroxylation is 1. The molecule has 0 unspecified atom stereocenters. The molecular formula is C19H26N2O4S. The molecule has 6 nitrogen and oxygen atoms in total. The van der Waals surface area contributed by atoms with E-state index in [-0.39, 0.29) is 28.9 Å². The third-order valence-corrected chi connectivity index (χ3v) is 6.42. The number of carbonyl (C=O) groups is 1. The highest BCUT2D eigenvalue weighted by atomic mass is 32.2. The number of hydrogen-bond donors (Lipinski definition) is 0. The van der Waals surface area contributed by atoms with E-state index >= 15 is 0 Å². The predicted octanol–water partition coefficient (Wildman–Crippen LogP) is 2.77. The largest absolute Gasteiger partial charge is 0.465 e. The Kier molecular flexibility index (Phi) is 4.42. The predicted molar refractivity (Wildman–Crippen MR) is 99.4 cm³/mol. The molecule has 2 fully saturated rings. The summed E-state index contributed by atoms with van der Waals surface area (Å²) in [5.41, 5.74) is -0.283. The summed E-state index contributed by atoms with van der Waals surface area (Å²) in [6.45, 7) is 10.5. The van der Waals surface area contributed by atoms with Gasteiger partial charge in [0.05, 0.1) is 11.5 Å². The topological polar surface area (TPSA) is 76.0 Å². The average Bonchev–Trinajstić information content (AvgIpc) is 3.18. The van der Waals surface area contributed by atoms with Crippen molar-refractivity contribution in [1.82, 2.24) is 4.90 Å². The number of benzene rings is 1. The lowest BCUT2D eigenvalue weighted by Crippen LogP contribution is -2.47. The van der Waals surface area contributed by atoms with Crippen LogP contribution in [0.25, 0.3) is 0 Å². The van der Waals surface area contributed by atoms with Crippen molar-refractivity contribution in [2.24, 2.45) is 15.7 Å². The second-order valence-electron chi connectivity index (χ2n) is 8.08. The number of hydrogen-bond acceptors (Lipinski definition) is 4. The van der Waals surface area contributed by atoms with Crippen LogP contribution >= 0.6 is 0 Å². The number of sulfonamides is 1. The van der Waals surface area contributed by atoms with E-state index in [0.717, 1.165) is 5.56 Å². The Hall–Kier alpha value is -1.89. The molecule has 1 saturated heterocycles. The Morgan fingerprint density at radius 1 is 1.31 bits per heavy atom. The van der Waals surface area contributed by atoms with E-state index in [0.29, 0.717) is 18.8 Å². The highest BCUT2D eigenvalue weighted by molar-refractivity contribution is 7.90. The molecule has 1 saturated carbocycles. The molecule has 0 aromatic heterocycles.